The lowest BCUT2D eigenvalue weighted by molar-refractivity contribution is 0.0584. The highest BCUT2D eigenvalue weighted by Crippen LogP contribution is 2.25. The summed E-state index contributed by atoms with van der Waals surface area (Å²) in [6, 6.07) is 1.19. The highest BCUT2D eigenvalue weighted by Gasteiger charge is 2.27. The first-order valence-electron chi connectivity index (χ1n) is 6.86. The van der Waals surface area contributed by atoms with Gasteiger partial charge in [0.15, 0.2) is 0 Å². The number of pyridine rings is 1. The van der Waals surface area contributed by atoms with Gasteiger partial charge in [-0.25, -0.2) is 9.37 Å². The van der Waals surface area contributed by atoms with E-state index >= 15 is 0 Å². The summed E-state index contributed by atoms with van der Waals surface area (Å²) in [5.74, 6) is -0.951. The number of hydrogen-bond donors (Lipinski definition) is 1. The molecule has 1 heterocycles. The van der Waals surface area contributed by atoms with Crippen molar-refractivity contribution in [2.24, 2.45) is 0 Å². The van der Waals surface area contributed by atoms with Gasteiger partial charge < -0.3 is 10.0 Å². The van der Waals surface area contributed by atoms with Crippen LogP contribution < -0.4 is 0 Å². The first kappa shape index (κ1) is 15.2. The van der Waals surface area contributed by atoms with E-state index in [1.165, 1.54) is 6.42 Å². The Kier molecular flexibility index (Phi) is 5.31. The maximum atomic E-state index is 13.3. The van der Waals surface area contributed by atoms with E-state index in [-0.39, 0.29) is 35.8 Å². The topological polar surface area (TPSA) is 53.4 Å². The van der Waals surface area contributed by atoms with Crippen molar-refractivity contribution in [1.82, 2.24) is 9.88 Å². The van der Waals surface area contributed by atoms with Gasteiger partial charge in [-0.2, -0.15) is 0 Å². The van der Waals surface area contributed by atoms with Gasteiger partial charge in [0.2, 0.25) is 0 Å². The Morgan fingerprint density at radius 3 is 2.80 bits per heavy atom. The quantitative estimate of drug-likeness (QED) is 0.870. The first-order chi connectivity index (χ1) is 9.63. The molecule has 1 aromatic rings. The predicted molar refractivity (Wildman–Crippen MR) is 74.2 cm³/mol. The third-order valence-corrected chi connectivity index (χ3v) is 3.95. The van der Waals surface area contributed by atoms with Crippen molar-refractivity contribution in [3.05, 3.63) is 28.8 Å². The first-order valence-corrected chi connectivity index (χ1v) is 7.24. The fourth-order valence-electron chi connectivity index (χ4n) is 2.68. The number of aliphatic hydroxyl groups is 1. The number of hydrogen-bond acceptors (Lipinski definition) is 3. The predicted octanol–water partition coefficient (Wildman–Crippen LogP) is 2.64. The number of aliphatic hydroxyl groups excluding tert-OH is 1. The molecule has 110 valence electrons. The lowest BCUT2D eigenvalue weighted by atomic mass is 9.93. The summed E-state index contributed by atoms with van der Waals surface area (Å²) in [6.07, 6.45) is 6.10. The molecule has 2 rings (SSSR count). The number of nitrogens with zero attached hydrogens (tertiary/aromatic N) is 2. The largest absolute Gasteiger partial charge is 0.395 e. The highest BCUT2D eigenvalue weighted by molar-refractivity contribution is 6.32. The minimum Gasteiger partial charge on any atom is -0.395 e. The molecule has 4 nitrogen and oxygen atoms in total. The van der Waals surface area contributed by atoms with E-state index < -0.39 is 5.82 Å². The number of carbonyl (C=O) groups excluding carboxylic acids is 1. The van der Waals surface area contributed by atoms with Crippen LogP contribution in [0.25, 0.3) is 0 Å². The van der Waals surface area contributed by atoms with Crippen molar-refractivity contribution in [3.63, 3.8) is 0 Å². The fourth-order valence-corrected chi connectivity index (χ4v) is 2.86. The van der Waals surface area contributed by atoms with Gasteiger partial charge in [0.25, 0.3) is 5.91 Å². The lowest BCUT2D eigenvalue weighted by Gasteiger charge is -2.34. The van der Waals surface area contributed by atoms with Crippen molar-refractivity contribution in [2.45, 2.75) is 38.1 Å². The molecule has 1 aliphatic rings. The summed E-state index contributed by atoms with van der Waals surface area (Å²) in [5.41, 5.74) is 0.0608. The zero-order valence-electron chi connectivity index (χ0n) is 11.2. The van der Waals surface area contributed by atoms with Crippen LogP contribution in [-0.4, -0.2) is 40.1 Å². The SMILES string of the molecule is O=C(c1cc(F)cnc1Cl)N(CCO)C1CCCCC1. The maximum absolute atomic E-state index is 13.3. The summed E-state index contributed by atoms with van der Waals surface area (Å²) in [4.78, 5) is 17.8. The Labute approximate surface area is 122 Å². The van der Waals surface area contributed by atoms with Crippen LogP contribution in [0.4, 0.5) is 4.39 Å². The van der Waals surface area contributed by atoms with Crippen molar-refractivity contribution < 1.29 is 14.3 Å². The van der Waals surface area contributed by atoms with Crippen molar-refractivity contribution in [3.8, 4) is 0 Å². The minimum absolute atomic E-state index is 0.00449. The van der Waals surface area contributed by atoms with E-state index in [2.05, 4.69) is 4.98 Å². The third kappa shape index (κ3) is 3.46. The highest BCUT2D eigenvalue weighted by atomic mass is 35.5. The van der Waals surface area contributed by atoms with Crippen LogP contribution in [0.15, 0.2) is 12.3 Å². The molecule has 1 N–H and O–H groups in total. The smallest absolute Gasteiger partial charge is 0.257 e. The molecule has 0 bridgehead atoms. The molecule has 1 amide bonds. The molecule has 0 unspecified atom stereocenters. The van der Waals surface area contributed by atoms with E-state index in [9.17, 15) is 14.3 Å². The molecule has 0 aromatic carbocycles. The average molecular weight is 301 g/mol. The zero-order chi connectivity index (χ0) is 14.5. The van der Waals surface area contributed by atoms with Crippen molar-refractivity contribution >= 4 is 17.5 Å². The Morgan fingerprint density at radius 1 is 1.45 bits per heavy atom. The lowest BCUT2D eigenvalue weighted by Crippen LogP contribution is -2.43. The second-order valence-electron chi connectivity index (χ2n) is 5.01. The molecule has 0 radical (unpaired) electrons. The van der Waals surface area contributed by atoms with Crippen LogP contribution >= 0.6 is 11.6 Å². The minimum atomic E-state index is -0.592. The molecule has 20 heavy (non-hydrogen) atoms. The van der Waals surface area contributed by atoms with Crippen molar-refractivity contribution in [2.75, 3.05) is 13.2 Å². The average Bonchev–Trinajstić information content (AvgIpc) is 2.47. The zero-order valence-corrected chi connectivity index (χ0v) is 11.9. The number of carbonyl (C=O) groups is 1. The number of rotatable bonds is 4. The van der Waals surface area contributed by atoms with E-state index in [0.717, 1.165) is 37.9 Å². The van der Waals surface area contributed by atoms with E-state index in [1.54, 1.807) is 4.90 Å². The van der Waals surface area contributed by atoms with Gasteiger partial charge in [-0.1, -0.05) is 30.9 Å². The van der Waals surface area contributed by atoms with Crippen LogP contribution in [-0.2, 0) is 0 Å². The van der Waals surface area contributed by atoms with Gasteiger partial charge in [0.1, 0.15) is 11.0 Å². The van der Waals surface area contributed by atoms with Crippen LogP contribution in [0.2, 0.25) is 5.15 Å². The van der Waals surface area contributed by atoms with Gasteiger partial charge in [-0.05, 0) is 18.9 Å². The summed E-state index contributed by atoms with van der Waals surface area (Å²) >= 11 is 5.89. The summed E-state index contributed by atoms with van der Waals surface area (Å²) in [5, 5.41) is 9.17. The molecule has 1 fully saturated rings. The molecular formula is C14H18ClFN2O2. The van der Waals surface area contributed by atoms with Gasteiger partial charge in [0.05, 0.1) is 18.4 Å². The Balaban J connectivity index is 2.23. The summed E-state index contributed by atoms with van der Waals surface area (Å²) in [7, 11) is 0. The second-order valence-corrected chi connectivity index (χ2v) is 5.36. The van der Waals surface area contributed by atoms with Gasteiger partial charge >= 0.3 is 0 Å². The van der Waals surface area contributed by atoms with Crippen LogP contribution in [0, 0.1) is 5.82 Å². The van der Waals surface area contributed by atoms with Gasteiger partial charge in [-0.3, -0.25) is 4.79 Å². The molecule has 6 heteroatoms. The van der Waals surface area contributed by atoms with E-state index in [0.29, 0.717) is 0 Å². The molecular weight excluding hydrogens is 283 g/mol. The number of aromatic nitrogens is 1. The summed E-state index contributed by atoms with van der Waals surface area (Å²) in [6.45, 7) is 0.110. The monoisotopic (exact) mass is 300 g/mol. The standard InChI is InChI=1S/C14H18ClFN2O2/c15-13-12(8-10(16)9-17-13)14(20)18(6-7-19)11-4-2-1-3-5-11/h8-9,11,19H,1-7H2. The van der Waals surface area contributed by atoms with Gasteiger partial charge in [-0.15, -0.1) is 0 Å². The second kappa shape index (κ2) is 6.99. The van der Waals surface area contributed by atoms with Crippen LogP contribution in [0.3, 0.4) is 0 Å². The molecule has 0 saturated heterocycles. The third-order valence-electron chi connectivity index (χ3n) is 3.65. The van der Waals surface area contributed by atoms with E-state index in [1.807, 2.05) is 0 Å². The van der Waals surface area contributed by atoms with Crippen molar-refractivity contribution in [1.29, 1.82) is 0 Å². The molecule has 1 saturated carbocycles. The Hall–Kier alpha value is -1.20. The Morgan fingerprint density at radius 2 is 2.15 bits per heavy atom. The van der Waals surface area contributed by atoms with E-state index in [4.69, 9.17) is 11.6 Å². The molecule has 0 aliphatic heterocycles. The maximum Gasteiger partial charge on any atom is 0.257 e. The van der Waals surface area contributed by atoms with Crippen LogP contribution in [0.5, 0.6) is 0 Å². The fraction of sp³-hybridized carbons (Fsp3) is 0.571. The number of amides is 1. The van der Waals surface area contributed by atoms with Crippen LogP contribution in [0.1, 0.15) is 42.5 Å². The van der Waals surface area contributed by atoms with Gasteiger partial charge in [0, 0.05) is 12.6 Å². The summed E-state index contributed by atoms with van der Waals surface area (Å²) < 4.78 is 13.3. The molecule has 0 atom stereocenters. The molecule has 0 spiro atoms. The molecule has 1 aliphatic carbocycles. The number of halogens is 2. The molecule has 1 aromatic heterocycles. The normalized spacial score (nSPS) is 16.1. The Bertz CT molecular complexity index is 478.